The molecule has 0 amide bonds. The van der Waals surface area contributed by atoms with Crippen LogP contribution in [0, 0.1) is 0 Å². The zero-order valence-electron chi connectivity index (χ0n) is 12.9. The summed E-state index contributed by atoms with van der Waals surface area (Å²) in [6.45, 7) is 7.30. The first-order valence-corrected chi connectivity index (χ1v) is 8.23. The first-order chi connectivity index (χ1) is 8.41. The topological polar surface area (TPSA) is 16.6 Å². The second kappa shape index (κ2) is 19.8. The van der Waals surface area contributed by atoms with Gasteiger partial charge in [0.2, 0.25) is 0 Å². The van der Waals surface area contributed by atoms with Gasteiger partial charge in [-0.25, -0.2) is 0 Å². The molecular formula is C16H36BrN. The van der Waals surface area contributed by atoms with Gasteiger partial charge in [0.05, 0.1) is 13.1 Å². The summed E-state index contributed by atoms with van der Waals surface area (Å²) in [5.41, 5.74) is 0. The Kier molecular flexibility index (Phi) is 22.8. The van der Waals surface area contributed by atoms with Gasteiger partial charge in [0, 0.05) is 0 Å². The van der Waals surface area contributed by atoms with Crippen LogP contribution < -0.4 is 22.3 Å². The van der Waals surface area contributed by atoms with Crippen LogP contribution in [0.4, 0.5) is 0 Å². The van der Waals surface area contributed by atoms with Crippen LogP contribution in [0.5, 0.6) is 0 Å². The predicted octanol–water partition coefficient (Wildman–Crippen LogP) is 1.27. The molecule has 0 bridgehead atoms. The number of halogens is 1. The van der Waals surface area contributed by atoms with Crippen LogP contribution in [0.25, 0.3) is 0 Å². The highest BCUT2D eigenvalue weighted by molar-refractivity contribution is 4.43. The first-order valence-electron chi connectivity index (χ1n) is 8.23. The highest BCUT2D eigenvalue weighted by Gasteiger charge is 1.94. The van der Waals surface area contributed by atoms with E-state index >= 15 is 0 Å². The van der Waals surface area contributed by atoms with Gasteiger partial charge in [-0.1, -0.05) is 65.2 Å². The fraction of sp³-hybridized carbons (Fsp3) is 1.00. The summed E-state index contributed by atoms with van der Waals surface area (Å²) >= 11 is 0. The predicted molar refractivity (Wildman–Crippen MR) is 78.4 cm³/mol. The monoisotopic (exact) mass is 321 g/mol. The van der Waals surface area contributed by atoms with Crippen molar-refractivity contribution in [2.45, 2.75) is 90.9 Å². The maximum atomic E-state index is 2.53. The molecule has 0 aliphatic rings. The van der Waals surface area contributed by atoms with Crippen molar-refractivity contribution in [2.24, 2.45) is 0 Å². The molecule has 0 atom stereocenters. The molecule has 0 aliphatic carbocycles. The van der Waals surface area contributed by atoms with E-state index in [1.54, 1.807) is 0 Å². The molecule has 0 rings (SSSR count). The van der Waals surface area contributed by atoms with Crippen LogP contribution >= 0.6 is 0 Å². The minimum absolute atomic E-state index is 0. The lowest BCUT2D eigenvalue weighted by Gasteiger charge is -2.02. The summed E-state index contributed by atoms with van der Waals surface area (Å²) in [5.74, 6) is 0. The molecule has 0 aromatic heterocycles. The van der Waals surface area contributed by atoms with E-state index in [4.69, 9.17) is 0 Å². The maximum Gasteiger partial charge on any atom is 0.0755 e. The molecule has 1 nitrogen and oxygen atoms in total. The van der Waals surface area contributed by atoms with E-state index in [1.807, 2.05) is 0 Å². The molecule has 112 valence electrons. The fourth-order valence-corrected chi connectivity index (χ4v) is 2.28. The second-order valence-corrected chi connectivity index (χ2v) is 5.40. The Morgan fingerprint density at radius 3 is 1.22 bits per heavy atom. The molecule has 0 aromatic rings. The zero-order valence-corrected chi connectivity index (χ0v) is 14.4. The summed E-state index contributed by atoms with van der Waals surface area (Å²) in [6.07, 6.45) is 17.2. The van der Waals surface area contributed by atoms with E-state index in [0.717, 1.165) is 0 Å². The van der Waals surface area contributed by atoms with Crippen molar-refractivity contribution in [2.75, 3.05) is 13.1 Å². The Hall–Kier alpha value is 0.440. The Morgan fingerprint density at radius 2 is 0.833 bits per heavy atom. The molecule has 0 spiro atoms. The average Bonchev–Trinajstić information content (AvgIpc) is 2.35. The van der Waals surface area contributed by atoms with Gasteiger partial charge in [-0.15, -0.1) is 0 Å². The fourth-order valence-electron chi connectivity index (χ4n) is 2.28. The average molecular weight is 322 g/mol. The van der Waals surface area contributed by atoms with Crippen LogP contribution in [0.15, 0.2) is 0 Å². The normalized spacial score (nSPS) is 10.3. The molecule has 0 saturated carbocycles. The molecule has 0 unspecified atom stereocenters. The second-order valence-electron chi connectivity index (χ2n) is 5.40. The zero-order chi connectivity index (χ0) is 12.6. The number of quaternary nitrogens is 1. The van der Waals surface area contributed by atoms with E-state index in [-0.39, 0.29) is 17.0 Å². The summed E-state index contributed by atoms with van der Waals surface area (Å²) in [5, 5.41) is 2.53. The number of unbranched alkanes of at least 4 members (excludes halogenated alkanes) is 10. The lowest BCUT2D eigenvalue weighted by molar-refractivity contribution is -0.655. The van der Waals surface area contributed by atoms with Gasteiger partial charge in [-0.05, 0) is 25.7 Å². The molecule has 18 heavy (non-hydrogen) atoms. The van der Waals surface area contributed by atoms with Crippen LogP contribution in [0.3, 0.4) is 0 Å². The minimum Gasteiger partial charge on any atom is -1.00 e. The van der Waals surface area contributed by atoms with Crippen LogP contribution in [-0.4, -0.2) is 13.1 Å². The van der Waals surface area contributed by atoms with E-state index in [9.17, 15) is 0 Å². The summed E-state index contributed by atoms with van der Waals surface area (Å²) in [7, 11) is 0. The van der Waals surface area contributed by atoms with Gasteiger partial charge in [-0.3, -0.25) is 0 Å². The summed E-state index contributed by atoms with van der Waals surface area (Å²) in [4.78, 5) is 0. The minimum atomic E-state index is 0. The first kappa shape index (κ1) is 20.8. The van der Waals surface area contributed by atoms with Gasteiger partial charge < -0.3 is 22.3 Å². The van der Waals surface area contributed by atoms with Crippen molar-refractivity contribution in [3.05, 3.63) is 0 Å². The lowest BCUT2D eigenvalue weighted by atomic mass is 10.1. The van der Waals surface area contributed by atoms with E-state index in [0.29, 0.717) is 0 Å². The van der Waals surface area contributed by atoms with E-state index < -0.39 is 0 Å². The number of nitrogens with two attached hydrogens (primary N) is 1. The third-order valence-electron chi connectivity index (χ3n) is 3.52. The van der Waals surface area contributed by atoms with Crippen LogP contribution in [0.2, 0.25) is 0 Å². The highest BCUT2D eigenvalue weighted by Crippen LogP contribution is 2.04. The largest absolute Gasteiger partial charge is 1.00 e. The summed E-state index contributed by atoms with van der Waals surface area (Å²) in [6, 6.07) is 0. The van der Waals surface area contributed by atoms with Crippen molar-refractivity contribution in [1.29, 1.82) is 0 Å². The highest BCUT2D eigenvalue weighted by atomic mass is 79.9. The molecule has 0 aliphatic heterocycles. The number of hydrogen-bond acceptors (Lipinski definition) is 0. The van der Waals surface area contributed by atoms with Gasteiger partial charge in [0.25, 0.3) is 0 Å². The lowest BCUT2D eigenvalue weighted by Crippen LogP contribution is -3.00. The molecule has 0 aromatic carbocycles. The van der Waals surface area contributed by atoms with Gasteiger partial charge >= 0.3 is 0 Å². The quantitative estimate of drug-likeness (QED) is 0.464. The van der Waals surface area contributed by atoms with Gasteiger partial charge in [0.1, 0.15) is 0 Å². The maximum absolute atomic E-state index is 2.53. The third-order valence-corrected chi connectivity index (χ3v) is 3.52. The van der Waals surface area contributed by atoms with Crippen molar-refractivity contribution in [1.82, 2.24) is 0 Å². The van der Waals surface area contributed by atoms with E-state index in [1.165, 1.54) is 90.1 Å². The molecule has 0 heterocycles. The molecule has 0 saturated heterocycles. The number of rotatable bonds is 14. The van der Waals surface area contributed by atoms with E-state index in [2.05, 4.69) is 19.2 Å². The van der Waals surface area contributed by atoms with Gasteiger partial charge in [0.15, 0.2) is 0 Å². The summed E-state index contributed by atoms with van der Waals surface area (Å²) < 4.78 is 0. The smallest absolute Gasteiger partial charge is 0.0755 e. The van der Waals surface area contributed by atoms with Crippen molar-refractivity contribution < 1.29 is 22.3 Å². The SMILES string of the molecule is CCCCCCCC[NH2+]CCCCCCCC.[Br-]. The Morgan fingerprint density at radius 1 is 0.500 bits per heavy atom. The molecular weight excluding hydrogens is 286 g/mol. The van der Waals surface area contributed by atoms with Crippen LogP contribution in [-0.2, 0) is 0 Å². The Labute approximate surface area is 126 Å². The Bertz CT molecular complexity index is 114. The molecule has 0 fully saturated rings. The van der Waals surface area contributed by atoms with Gasteiger partial charge in [-0.2, -0.15) is 0 Å². The molecule has 2 N–H and O–H groups in total. The third kappa shape index (κ3) is 18.8. The standard InChI is InChI=1S/C16H35N.BrH/c1-3-5-7-9-11-13-15-17-16-14-12-10-8-6-4-2;/h17H,3-16H2,1-2H3;1H. The number of hydrogen-bond donors (Lipinski definition) is 1. The van der Waals surface area contributed by atoms with Crippen molar-refractivity contribution in [3.8, 4) is 0 Å². The Balaban J connectivity index is 0. The van der Waals surface area contributed by atoms with Crippen molar-refractivity contribution >= 4 is 0 Å². The molecule has 0 radical (unpaired) electrons. The van der Waals surface area contributed by atoms with Crippen LogP contribution in [0.1, 0.15) is 90.9 Å². The molecule has 2 heteroatoms. The van der Waals surface area contributed by atoms with Crippen molar-refractivity contribution in [3.63, 3.8) is 0 Å².